The highest BCUT2D eigenvalue weighted by atomic mass is 35.5. The number of ether oxygens (including phenoxy) is 1. The maximum Gasteiger partial charge on any atom is 0.135 e. The van der Waals surface area contributed by atoms with Crippen LogP contribution in [0.2, 0.25) is 0 Å². The van der Waals surface area contributed by atoms with Crippen molar-refractivity contribution in [1.29, 1.82) is 0 Å². The fourth-order valence-corrected chi connectivity index (χ4v) is 2.34. The molecule has 1 N–H and O–H groups in total. The summed E-state index contributed by atoms with van der Waals surface area (Å²) in [4.78, 5) is 11.1. The summed E-state index contributed by atoms with van der Waals surface area (Å²) in [5, 5.41) is 3.24. The Morgan fingerprint density at radius 2 is 2.05 bits per heavy atom. The van der Waals surface area contributed by atoms with Crippen LogP contribution in [-0.4, -0.2) is 26.0 Å². The van der Waals surface area contributed by atoms with E-state index in [1.165, 1.54) is 11.1 Å². The molecule has 106 valence electrons. The minimum atomic E-state index is 0. The summed E-state index contributed by atoms with van der Waals surface area (Å²) in [6.07, 6.45) is 2.81. The van der Waals surface area contributed by atoms with Crippen molar-refractivity contribution in [3.8, 4) is 16.9 Å². The average molecular weight is 284 g/mol. The highest BCUT2D eigenvalue weighted by Gasteiger charge is 2.18. The first-order valence-corrected chi connectivity index (χ1v) is 6.68. The predicted octanol–water partition coefficient (Wildman–Crippen LogP) is 3.06. The van der Waals surface area contributed by atoms with Crippen LogP contribution < -0.4 is 10.1 Å². The van der Waals surface area contributed by atoms with E-state index in [9.17, 15) is 4.79 Å². The molecule has 1 aliphatic heterocycles. The number of rotatable bonds is 3. The lowest BCUT2D eigenvalue weighted by molar-refractivity contribution is -0.123. The average Bonchev–Trinajstić information content (AvgIpc) is 3.11. The van der Waals surface area contributed by atoms with E-state index in [2.05, 4.69) is 17.4 Å². The third-order valence-electron chi connectivity index (χ3n) is 3.57. The molecule has 0 spiro atoms. The molecule has 0 saturated carbocycles. The number of halogens is 1. The summed E-state index contributed by atoms with van der Waals surface area (Å²) >= 11 is 0. The number of hydrogen-bond donors (Lipinski definition) is 1. The van der Waals surface area contributed by atoms with Gasteiger partial charge in [-0.15, -0.1) is 12.4 Å². The van der Waals surface area contributed by atoms with Crippen molar-refractivity contribution in [3.63, 3.8) is 0 Å². The summed E-state index contributed by atoms with van der Waals surface area (Å²) in [6, 6.07) is 6.16. The number of ketones is 1. The second-order valence-corrected chi connectivity index (χ2v) is 4.76. The van der Waals surface area contributed by atoms with Crippen molar-refractivity contribution in [2.24, 2.45) is 5.92 Å². The van der Waals surface area contributed by atoms with Crippen LogP contribution in [0.4, 0.5) is 0 Å². The van der Waals surface area contributed by atoms with Crippen LogP contribution in [0.1, 0.15) is 26.2 Å². The van der Waals surface area contributed by atoms with Crippen LogP contribution >= 0.6 is 12.4 Å². The van der Waals surface area contributed by atoms with Gasteiger partial charge in [0.15, 0.2) is 0 Å². The highest BCUT2D eigenvalue weighted by Crippen LogP contribution is 2.43. The number of nitrogens with one attached hydrogen (secondary N) is 1. The molecular formula is C15H22ClNO2. The molecule has 4 heteroatoms. The third-order valence-corrected chi connectivity index (χ3v) is 3.57. The topological polar surface area (TPSA) is 38.3 Å². The first-order valence-electron chi connectivity index (χ1n) is 6.68. The number of carbonyl (C=O) groups excluding carboxylic acids is 1. The summed E-state index contributed by atoms with van der Waals surface area (Å²) in [7, 11) is 1.70. The summed E-state index contributed by atoms with van der Waals surface area (Å²) in [5.41, 5.74) is 2.62. The molecule has 0 bridgehead atoms. The fourth-order valence-electron chi connectivity index (χ4n) is 2.34. The van der Waals surface area contributed by atoms with Gasteiger partial charge in [-0.1, -0.05) is 13.0 Å². The van der Waals surface area contributed by atoms with Gasteiger partial charge in [0.05, 0.1) is 7.11 Å². The fraction of sp³-hybridized carbons (Fsp3) is 0.533. The molecule has 0 atom stereocenters. The van der Waals surface area contributed by atoms with Crippen LogP contribution in [-0.2, 0) is 4.79 Å². The first kappa shape index (κ1) is 16.0. The lowest BCUT2D eigenvalue weighted by Crippen LogP contribution is -2.31. The molecule has 19 heavy (non-hydrogen) atoms. The van der Waals surface area contributed by atoms with Gasteiger partial charge in [0.1, 0.15) is 11.5 Å². The van der Waals surface area contributed by atoms with Crippen LogP contribution in [0.15, 0.2) is 18.2 Å². The van der Waals surface area contributed by atoms with Crippen LogP contribution in [0, 0.1) is 5.92 Å². The molecule has 1 saturated heterocycles. The van der Waals surface area contributed by atoms with Crippen molar-refractivity contribution in [2.75, 3.05) is 20.2 Å². The Balaban J connectivity index is 0.000000183. The summed E-state index contributed by atoms with van der Waals surface area (Å²) in [6.45, 7) is 4.00. The maximum atomic E-state index is 11.1. The van der Waals surface area contributed by atoms with E-state index in [0.29, 0.717) is 18.1 Å². The Labute approximate surface area is 121 Å². The molecular weight excluding hydrogens is 262 g/mol. The van der Waals surface area contributed by atoms with Gasteiger partial charge >= 0.3 is 0 Å². The van der Waals surface area contributed by atoms with Crippen LogP contribution in [0.5, 0.6) is 5.75 Å². The number of methoxy groups -OCH3 is 1. The summed E-state index contributed by atoms with van der Waals surface area (Å²) in [5.74, 6) is 1.83. The number of hydrogen-bond acceptors (Lipinski definition) is 3. The molecule has 2 aliphatic carbocycles. The minimum Gasteiger partial charge on any atom is -0.496 e. The van der Waals surface area contributed by atoms with Crippen molar-refractivity contribution < 1.29 is 9.53 Å². The van der Waals surface area contributed by atoms with Gasteiger partial charge in [-0.2, -0.15) is 0 Å². The van der Waals surface area contributed by atoms with Gasteiger partial charge in [-0.05, 0) is 43.6 Å². The molecule has 3 nitrogen and oxygen atoms in total. The largest absolute Gasteiger partial charge is 0.496 e. The standard InChI is InChI=1S/C8H15NO.C7H6O.ClH/c1-2-8(10)7-3-5-9-6-4-7;1-8-7-3-2-5-4-6(5)7;/h7,9H,2-6H2,1H3;2-4H,1H3;1H. The van der Waals surface area contributed by atoms with E-state index in [4.69, 9.17) is 4.74 Å². The van der Waals surface area contributed by atoms with E-state index in [-0.39, 0.29) is 12.4 Å². The zero-order valence-corrected chi connectivity index (χ0v) is 12.4. The maximum absolute atomic E-state index is 11.1. The monoisotopic (exact) mass is 283 g/mol. The molecule has 3 rings (SSSR count). The normalized spacial score (nSPS) is 15.7. The molecule has 3 aliphatic rings. The highest BCUT2D eigenvalue weighted by molar-refractivity contribution is 5.87. The van der Waals surface area contributed by atoms with E-state index in [1.807, 2.05) is 13.0 Å². The van der Waals surface area contributed by atoms with Crippen molar-refractivity contribution >= 4 is 18.2 Å². The Morgan fingerprint density at radius 1 is 1.37 bits per heavy atom. The number of benzene rings is 1. The lowest BCUT2D eigenvalue weighted by atomic mass is 9.92. The molecule has 1 heterocycles. The third kappa shape index (κ3) is 4.22. The van der Waals surface area contributed by atoms with E-state index in [1.54, 1.807) is 7.11 Å². The Kier molecular flexibility index (Phi) is 6.32. The molecule has 0 radical (unpaired) electrons. The van der Waals surface area contributed by atoms with Gasteiger partial charge < -0.3 is 10.1 Å². The van der Waals surface area contributed by atoms with Crippen molar-refractivity contribution in [2.45, 2.75) is 26.2 Å². The Bertz CT molecular complexity index is 428. The quantitative estimate of drug-likeness (QED) is 0.941. The SMILES string of the molecule is CCC(=O)C1CCNCC1.COc1ccc2cc1-2.Cl. The predicted molar refractivity (Wildman–Crippen MR) is 80.1 cm³/mol. The Hall–Kier alpha value is -1.06. The van der Waals surface area contributed by atoms with Crippen molar-refractivity contribution in [3.05, 3.63) is 18.2 Å². The second kappa shape index (κ2) is 7.51. The van der Waals surface area contributed by atoms with Gasteiger partial charge in [-0.25, -0.2) is 0 Å². The molecule has 0 aromatic heterocycles. The van der Waals surface area contributed by atoms with Gasteiger partial charge in [0.25, 0.3) is 0 Å². The lowest BCUT2D eigenvalue weighted by Gasteiger charge is -2.20. The van der Waals surface area contributed by atoms with Crippen LogP contribution in [0.3, 0.4) is 0 Å². The summed E-state index contributed by atoms with van der Waals surface area (Å²) < 4.78 is 5.01. The van der Waals surface area contributed by atoms with Crippen molar-refractivity contribution in [1.82, 2.24) is 5.32 Å². The molecule has 0 aromatic rings. The number of Topliss-reactive ketones (excluding diaryl/α,β-unsaturated/α-hetero) is 1. The van der Waals surface area contributed by atoms with E-state index < -0.39 is 0 Å². The van der Waals surface area contributed by atoms with Gasteiger partial charge in [0.2, 0.25) is 0 Å². The van der Waals surface area contributed by atoms with E-state index >= 15 is 0 Å². The molecule has 0 amide bonds. The van der Waals surface area contributed by atoms with Crippen LogP contribution in [0.25, 0.3) is 11.1 Å². The molecule has 1 fully saturated rings. The zero-order chi connectivity index (χ0) is 13.0. The van der Waals surface area contributed by atoms with Gasteiger partial charge in [0, 0.05) is 17.9 Å². The number of fused-ring (bicyclic) bond motifs is 1. The van der Waals surface area contributed by atoms with E-state index in [0.717, 1.165) is 31.7 Å². The zero-order valence-electron chi connectivity index (χ0n) is 11.6. The van der Waals surface area contributed by atoms with Gasteiger partial charge in [-0.3, -0.25) is 4.79 Å². The number of carbonyl (C=O) groups is 1. The molecule has 0 unspecified atom stereocenters. The molecule has 0 aromatic carbocycles. The number of piperidine rings is 1. The second-order valence-electron chi connectivity index (χ2n) is 4.76. The first-order chi connectivity index (χ1) is 8.76. The smallest absolute Gasteiger partial charge is 0.135 e. The Morgan fingerprint density at radius 3 is 2.42 bits per heavy atom. The minimum absolute atomic E-state index is 0.